The van der Waals surface area contributed by atoms with E-state index in [0.29, 0.717) is 12.1 Å². The van der Waals surface area contributed by atoms with Crippen LogP contribution >= 0.6 is 27.5 Å². The summed E-state index contributed by atoms with van der Waals surface area (Å²) in [4.78, 5) is 4.65. The second kappa shape index (κ2) is 8.12. The highest BCUT2D eigenvalue weighted by atomic mass is 79.9. The van der Waals surface area contributed by atoms with Crippen LogP contribution in [0.4, 0.5) is 39.5 Å². The summed E-state index contributed by atoms with van der Waals surface area (Å²) in [7, 11) is 0. The van der Waals surface area contributed by atoms with Crippen molar-refractivity contribution in [2.75, 3.05) is 0 Å². The minimum atomic E-state index is -5.23. The monoisotopic (exact) mass is 553 g/mol. The normalized spacial score (nSPS) is 19.7. The van der Waals surface area contributed by atoms with Gasteiger partial charge in [0.25, 0.3) is 5.60 Å². The van der Waals surface area contributed by atoms with Gasteiger partial charge in [-0.05, 0) is 41.5 Å². The van der Waals surface area contributed by atoms with Crippen LogP contribution in [-0.4, -0.2) is 18.1 Å². The number of oxime groups is 1. The molecule has 0 saturated heterocycles. The zero-order valence-electron chi connectivity index (χ0n) is 15.4. The number of benzene rings is 2. The Labute approximate surface area is 188 Å². The molecule has 174 valence electrons. The molecular formula is C19H10BrClF9NO. The molecule has 0 saturated carbocycles. The molecule has 0 aliphatic carbocycles. The van der Waals surface area contributed by atoms with Crippen molar-refractivity contribution in [3.05, 3.63) is 68.1 Å². The molecule has 3 rings (SSSR count). The Hall–Kier alpha value is -1.95. The molecule has 32 heavy (non-hydrogen) atoms. The molecule has 2 nitrogen and oxygen atoms in total. The number of hydrogen-bond donors (Lipinski definition) is 0. The van der Waals surface area contributed by atoms with Gasteiger partial charge in [0, 0.05) is 21.5 Å². The van der Waals surface area contributed by atoms with E-state index in [0.717, 1.165) is 6.07 Å². The van der Waals surface area contributed by atoms with Crippen LogP contribution in [-0.2, 0) is 23.0 Å². The quantitative estimate of drug-likeness (QED) is 0.355. The van der Waals surface area contributed by atoms with E-state index in [2.05, 4.69) is 25.9 Å². The highest BCUT2D eigenvalue weighted by Gasteiger charge is 2.62. The van der Waals surface area contributed by atoms with E-state index in [1.54, 1.807) is 0 Å². The minimum Gasteiger partial charge on any atom is -0.374 e. The van der Waals surface area contributed by atoms with E-state index in [-0.39, 0.29) is 27.4 Å². The Morgan fingerprint density at radius 1 is 0.969 bits per heavy atom. The lowest BCUT2D eigenvalue weighted by Crippen LogP contribution is -2.43. The van der Waals surface area contributed by atoms with Gasteiger partial charge in [0.2, 0.25) is 0 Å². The first-order valence-electron chi connectivity index (χ1n) is 8.57. The van der Waals surface area contributed by atoms with Gasteiger partial charge in [-0.15, -0.1) is 0 Å². The number of rotatable bonds is 3. The number of alkyl halides is 9. The molecule has 2 aromatic carbocycles. The maximum absolute atomic E-state index is 14.0. The molecule has 0 N–H and O–H groups in total. The van der Waals surface area contributed by atoms with E-state index in [4.69, 9.17) is 11.6 Å². The number of halogens is 11. The standard InChI is InChI=1S/C19H10BrClF9NO/c20-14-2-1-9(3-10(14)7-17(22,23)24)15-8-16(32-31-15,19(28,29)30)11-4-12(18(25,26)27)6-13(21)5-11/h1-6H,7-8H2. The highest BCUT2D eigenvalue weighted by Crippen LogP contribution is 2.50. The fraction of sp³-hybridized carbons (Fsp3) is 0.316. The molecule has 0 fully saturated rings. The van der Waals surface area contributed by atoms with Gasteiger partial charge in [0.1, 0.15) is 0 Å². The summed E-state index contributed by atoms with van der Waals surface area (Å²) >= 11 is 8.57. The smallest absolute Gasteiger partial charge is 0.374 e. The summed E-state index contributed by atoms with van der Waals surface area (Å²) < 4.78 is 120. The van der Waals surface area contributed by atoms with Crippen molar-refractivity contribution < 1.29 is 44.4 Å². The third-order valence-electron chi connectivity index (χ3n) is 4.65. The van der Waals surface area contributed by atoms with E-state index in [9.17, 15) is 39.5 Å². The van der Waals surface area contributed by atoms with Crippen LogP contribution in [0.3, 0.4) is 0 Å². The largest absolute Gasteiger partial charge is 0.435 e. The summed E-state index contributed by atoms with van der Waals surface area (Å²) in [5.74, 6) is 0. The molecule has 0 spiro atoms. The van der Waals surface area contributed by atoms with Crippen molar-refractivity contribution in [3.63, 3.8) is 0 Å². The predicted molar refractivity (Wildman–Crippen MR) is 100 cm³/mol. The maximum Gasteiger partial charge on any atom is 0.435 e. The van der Waals surface area contributed by atoms with E-state index in [1.807, 2.05) is 0 Å². The lowest BCUT2D eigenvalue weighted by atomic mass is 9.85. The van der Waals surface area contributed by atoms with Gasteiger partial charge in [-0.1, -0.05) is 38.8 Å². The maximum atomic E-state index is 14.0. The van der Waals surface area contributed by atoms with Crippen LogP contribution < -0.4 is 0 Å². The summed E-state index contributed by atoms with van der Waals surface area (Å²) in [6.07, 6.45) is -17.2. The van der Waals surface area contributed by atoms with Crippen LogP contribution in [0.5, 0.6) is 0 Å². The fourth-order valence-electron chi connectivity index (χ4n) is 3.15. The molecular weight excluding hydrogens is 545 g/mol. The molecule has 1 aliphatic heterocycles. The Morgan fingerprint density at radius 3 is 2.19 bits per heavy atom. The minimum absolute atomic E-state index is 0.0739. The average Bonchev–Trinajstić information content (AvgIpc) is 3.08. The van der Waals surface area contributed by atoms with E-state index >= 15 is 0 Å². The van der Waals surface area contributed by atoms with Crippen molar-refractivity contribution in [2.24, 2.45) is 5.16 Å². The Bertz CT molecular complexity index is 1060. The molecule has 0 radical (unpaired) electrons. The van der Waals surface area contributed by atoms with Crippen LogP contribution in [0.15, 0.2) is 46.0 Å². The van der Waals surface area contributed by atoms with Crippen molar-refractivity contribution in [1.29, 1.82) is 0 Å². The van der Waals surface area contributed by atoms with Crippen molar-refractivity contribution in [2.45, 2.75) is 37.0 Å². The molecule has 1 aliphatic rings. The van der Waals surface area contributed by atoms with Gasteiger partial charge in [-0.3, -0.25) is 0 Å². The van der Waals surface area contributed by atoms with Gasteiger partial charge in [0.15, 0.2) is 0 Å². The fourth-order valence-corrected chi connectivity index (χ4v) is 3.77. The third-order valence-corrected chi connectivity index (χ3v) is 5.64. The van der Waals surface area contributed by atoms with E-state index in [1.165, 1.54) is 12.1 Å². The molecule has 1 unspecified atom stereocenters. The van der Waals surface area contributed by atoms with Crippen molar-refractivity contribution in [3.8, 4) is 0 Å². The second-order valence-electron chi connectivity index (χ2n) is 6.96. The molecule has 0 aromatic heterocycles. The summed E-state index contributed by atoms with van der Waals surface area (Å²) in [6.45, 7) is 0. The zero-order valence-corrected chi connectivity index (χ0v) is 17.7. The number of hydrogen-bond acceptors (Lipinski definition) is 2. The summed E-state index contributed by atoms with van der Waals surface area (Å²) in [5.41, 5.74) is -6.40. The van der Waals surface area contributed by atoms with Crippen LogP contribution in [0.1, 0.15) is 28.7 Å². The SMILES string of the molecule is FC(F)(F)Cc1cc(C2=NOC(c3cc(Cl)cc(C(F)(F)F)c3)(C(F)(F)F)C2)ccc1Br. The Kier molecular flexibility index (Phi) is 6.27. The van der Waals surface area contributed by atoms with Gasteiger partial charge < -0.3 is 4.84 Å². The first-order valence-corrected chi connectivity index (χ1v) is 9.74. The lowest BCUT2D eigenvalue weighted by Gasteiger charge is -2.30. The zero-order chi connectivity index (χ0) is 24.1. The molecule has 0 bridgehead atoms. The Morgan fingerprint density at radius 2 is 1.62 bits per heavy atom. The topological polar surface area (TPSA) is 21.6 Å². The van der Waals surface area contributed by atoms with Gasteiger partial charge in [-0.2, -0.15) is 39.5 Å². The van der Waals surface area contributed by atoms with Gasteiger partial charge in [-0.25, -0.2) is 0 Å². The molecule has 1 atom stereocenters. The van der Waals surface area contributed by atoms with E-state index < -0.39 is 53.1 Å². The first-order chi connectivity index (χ1) is 14.5. The van der Waals surface area contributed by atoms with Crippen molar-refractivity contribution in [1.82, 2.24) is 0 Å². The predicted octanol–water partition coefficient (Wildman–Crippen LogP) is 7.81. The van der Waals surface area contributed by atoms with Crippen LogP contribution in [0.25, 0.3) is 0 Å². The Balaban J connectivity index is 2.04. The molecule has 2 aromatic rings. The summed E-state index contributed by atoms with van der Waals surface area (Å²) in [5, 5.41) is 2.76. The second-order valence-corrected chi connectivity index (χ2v) is 8.25. The van der Waals surface area contributed by atoms with Crippen LogP contribution in [0, 0.1) is 0 Å². The summed E-state index contributed by atoms with van der Waals surface area (Å²) in [6, 6.07) is 4.81. The molecule has 1 heterocycles. The number of nitrogens with zero attached hydrogens (tertiary/aromatic N) is 1. The third kappa shape index (κ3) is 5.00. The average molecular weight is 555 g/mol. The molecule has 13 heteroatoms. The van der Waals surface area contributed by atoms with Crippen LogP contribution in [0.2, 0.25) is 5.02 Å². The highest BCUT2D eigenvalue weighted by molar-refractivity contribution is 9.10. The van der Waals surface area contributed by atoms with Crippen molar-refractivity contribution >= 4 is 33.2 Å². The first kappa shape index (κ1) is 24.7. The van der Waals surface area contributed by atoms with Gasteiger partial charge >= 0.3 is 18.5 Å². The van der Waals surface area contributed by atoms with Gasteiger partial charge in [0.05, 0.1) is 17.7 Å². The molecule has 0 amide bonds. The lowest BCUT2D eigenvalue weighted by molar-refractivity contribution is -0.276.